The highest BCUT2D eigenvalue weighted by Crippen LogP contribution is 2.27. The summed E-state index contributed by atoms with van der Waals surface area (Å²) < 4.78 is 5.37. The van der Waals surface area contributed by atoms with Crippen molar-refractivity contribution in [3.63, 3.8) is 0 Å². The number of carbonyl (C=O) groups is 1. The van der Waals surface area contributed by atoms with Crippen molar-refractivity contribution in [3.05, 3.63) is 35.4 Å². The Morgan fingerprint density at radius 1 is 1.56 bits per heavy atom. The molecule has 0 aliphatic heterocycles. The molecule has 0 atom stereocenters. The molecule has 1 rings (SSSR count). The van der Waals surface area contributed by atoms with Gasteiger partial charge < -0.3 is 10.1 Å². The number of benzene rings is 1. The van der Waals surface area contributed by atoms with Crippen LogP contribution in [0, 0.1) is 0 Å². The van der Waals surface area contributed by atoms with E-state index in [1.807, 2.05) is 6.92 Å². The Morgan fingerprint density at radius 3 is 2.94 bits per heavy atom. The van der Waals surface area contributed by atoms with Crippen molar-refractivity contribution in [2.45, 2.75) is 13.8 Å². The van der Waals surface area contributed by atoms with Crippen molar-refractivity contribution >= 4 is 23.2 Å². The van der Waals surface area contributed by atoms with Crippen LogP contribution in [0.4, 0.5) is 5.69 Å². The van der Waals surface area contributed by atoms with Crippen molar-refractivity contribution in [1.29, 1.82) is 0 Å². The number of hydrogen-bond donors (Lipinski definition) is 1. The Balaban J connectivity index is 2.91. The van der Waals surface area contributed by atoms with E-state index < -0.39 is 0 Å². The third-order valence-corrected chi connectivity index (χ3v) is 2.05. The van der Waals surface area contributed by atoms with Crippen LogP contribution < -0.4 is 10.1 Å². The van der Waals surface area contributed by atoms with Crippen LogP contribution in [0.15, 0.2) is 30.4 Å². The highest BCUT2D eigenvalue weighted by Gasteiger charge is 2.06. The van der Waals surface area contributed by atoms with E-state index >= 15 is 0 Å². The standard InChI is InChI=1S/C12H14ClNO2/c1-3-5-12(15)14-10-8-9(13)6-7-11(10)16-4-2/h3,5-8H,4H2,1-2H3,(H,14,15). The summed E-state index contributed by atoms with van der Waals surface area (Å²) in [7, 11) is 0. The van der Waals surface area contributed by atoms with Crippen molar-refractivity contribution in [1.82, 2.24) is 0 Å². The van der Waals surface area contributed by atoms with Crippen LogP contribution in [0.5, 0.6) is 5.75 Å². The number of carbonyl (C=O) groups excluding carboxylic acids is 1. The van der Waals surface area contributed by atoms with Gasteiger partial charge in [0.1, 0.15) is 5.75 Å². The van der Waals surface area contributed by atoms with Gasteiger partial charge in [-0.1, -0.05) is 17.7 Å². The van der Waals surface area contributed by atoms with Crippen molar-refractivity contribution in [2.24, 2.45) is 0 Å². The van der Waals surface area contributed by atoms with Gasteiger partial charge in [-0.2, -0.15) is 0 Å². The van der Waals surface area contributed by atoms with Crippen LogP contribution in [-0.4, -0.2) is 12.5 Å². The lowest BCUT2D eigenvalue weighted by atomic mass is 10.3. The first-order valence-corrected chi connectivity index (χ1v) is 5.41. The number of anilines is 1. The Morgan fingerprint density at radius 2 is 2.31 bits per heavy atom. The van der Waals surface area contributed by atoms with Crippen LogP contribution >= 0.6 is 11.6 Å². The summed E-state index contributed by atoms with van der Waals surface area (Å²) in [5.74, 6) is 0.412. The summed E-state index contributed by atoms with van der Waals surface area (Å²) in [6.07, 6.45) is 3.11. The quantitative estimate of drug-likeness (QED) is 0.819. The first kappa shape index (κ1) is 12.6. The maximum absolute atomic E-state index is 11.4. The molecule has 0 aromatic heterocycles. The van der Waals surface area contributed by atoms with E-state index in [1.54, 1.807) is 31.2 Å². The molecule has 0 heterocycles. The zero-order valence-corrected chi connectivity index (χ0v) is 10.0. The number of amides is 1. The first-order chi connectivity index (χ1) is 7.67. The number of ether oxygens (including phenoxy) is 1. The van der Waals surface area contributed by atoms with Crippen LogP contribution in [0.1, 0.15) is 13.8 Å². The lowest BCUT2D eigenvalue weighted by Crippen LogP contribution is -2.09. The van der Waals surface area contributed by atoms with Crippen LogP contribution in [0.25, 0.3) is 0 Å². The topological polar surface area (TPSA) is 38.3 Å². The molecule has 0 saturated heterocycles. The van der Waals surface area contributed by atoms with Gasteiger partial charge in [0.05, 0.1) is 12.3 Å². The average Bonchev–Trinajstić information content (AvgIpc) is 2.22. The zero-order valence-electron chi connectivity index (χ0n) is 9.29. The maximum atomic E-state index is 11.4. The second-order valence-corrected chi connectivity index (χ2v) is 3.50. The number of hydrogen-bond acceptors (Lipinski definition) is 2. The molecular formula is C12H14ClNO2. The molecule has 0 saturated carbocycles. The molecule has 16 heavy (non-hydrogen) atoms. The molecule has 0 aliphatic carbocycles. The van der Waals surface area contributed by atoms with E-state index in [4.69, 9.17) is 16.3 Å². The molecule has 0 aliphatic rings. The molecule has 0 fully saturated rings. The molecule has 0 spiro atoms. The second kappa shape index (κ2) is 6.18. The summed E-state index contributed by atoms with van der Waals surface area (Å²) in [5, 5.41) is 3.26. The summed E-state index contributed by atoms with van der Waals surface area (Å²) in [6, 6.07) is 5.11. The van der Waals surface area contributed by atoms with E-state index in [0.29, 0.717) is 23.1 Å². The van der Waals surface area contributed by atoms with Gasteiger partial charge in [-0.05, 0) is 38.1 Å². The van der Waals surface area contributed by atoms with Gasteiger partial charge in [0.25, 0.3) is 0 Å². The lowest BCUT2D eigenvalue weighted by Gasteiger charge is -2.10. The number of halogens is 1. The minimum Gasteiger partial charge on any atom is -0.492 e. The Hall–Kier alpha value is -1.48. The first-order valence-electron chi connectivity index (χ1n) is 5.03. The Bertz CT molecular complexity index is 402. The third kappa shape index (κ3) is 3.59. The molecule has 1 aromatic rings. The summed E-state index contributed by atoms with van der Waals surface area (Å²) >= 11 is 5.85. The summed E-state index contributed by atoms with van der Waals surface area (Å²) in [5.41, 5.74) is 0.581. The van der Waals surface area contributed by atoms with Gasteiger partial charge in [-0.25, -0.2) is 0 Å². The molecular weight excluding hydrogens is 226 g/mol. The Labute approximate surface area is 100 Å². The average molecular weight is 240 g/mol. The highest BCUT2D eigenvalue weighted by molar-refractivity contribution is 6.31. The zero-order chi connectivity index (χ0) is 12.0. The molecule has 86 valence electrons. The molecule has 1 aromatic carbocycles. The van der Waals surface area contributed by atoms with E-state index in [-0.39, 0.29) is 5.91 Å². The Kier molecular flexibility index (Phi) is 4.86. The fourth-order valence-electron chi connectivity index (χ4n) is 1.21. The normalized spacial score (nSPS) is 10.4. The predicted octanol–water partition coefficient (Wildman–Crippen LogP) is 3.25. The van der Waals surface area contributed by atoms with E-state index in [2.05, 4.69) is 5.32 Å². The number of rotatable bonds is 4. The molecule has 4 heteroatoms. The molecule has 1 N–H and O–H groups in total. The third-order valence-electron chi connectivity index (χ3n) is 1.82. The lowest BCUT2D eigenvalue weighted by molar-refractivity contribution is -0.111. The highest BCUT2D eigenvalue weighted by atomic mass is 35.5. The van der Waals surface area contributed by atoms with Gasteiger partial charge in [0.2, 0.25) is 5.91 Å². The van der Waals surface area contributed by atoms with E-state index in [1.165, 1.54) is 6.08 Å². The molecule has 0 unspecified atom stereocenters. The fraction of sp³-hybridized carbons (Fsp3) is 0.250. The van der Waals surface area contributed by atoms with Crippen molar-refractivity contribution in [3.8, 4) is 5.75 Å². The van der Waals surface area contributed by atoms with Crippen molar-refractivity contribution < 1.29 is 9.53 Å². The van der Waals surface area contributed by atoms with Gasteiger partial charge in [-0.15, -0.1) is 0 Å². The van der Waals surface area contributed by atoms with E-state index in [9.17, 15) is 4.79 Å². The summed E-state index contributed by atoms with van der Waals surface area (Å²) in [4.78, 5) is 11.4. The molecule has 0 bridgehead atoms. The minimum atomic E-state index is -0.203. The van der Waals surface area contributed by atoms with Gasteiger partial charge in [-0.3, -0.25) is 4.79 Å². The molecule has 1 amide bonds. The molecule has 3 nitrogen and oxygen atoms in total. The maximum Gasteiger partial charge on any atom is 0.248 e. The van der Waals surface area contributed by atoms with Crippen molar-refractivity contribution in [2.75, 3.05) is 11.9 Å². The van der Waals surface area contributed by atoms with Gasteiger partial charge in [0, 0.05) is 5.02 Å². The summed E-state index contributed by atoms with van der Waals surface area (Å²) in [6.45, 7) is 4.20. The monoisotopic (exact) mass is 239 g/mol. The van der Waals surface area contributed by atoms with Crippen LogP contribution in [0.3, 0.4) is 0 Å². The smallest absolute Gasteiger partial charge is 0.248 e. The largest absolute Gasteiger partial charge is 0.492 e. The van der Waals surface area contributed by atoms with Crippen LogP contribution in [-0.2, 0) is 4.79 Å². The van der Waals surface area contributed by atoms with Gasteiger partial charge in [0.15, 0.2) is 0 Å². The van der Waals surface area contributed by atoms with E-state index in [0.717, 1.165) is 0 Å². The van der Waals surface area contributed by atoms with Crippen LogP contribution in [0.2, 0.25) is 5.02 Å². The number of nitrogens with one attached hydrogen (secondary N) is 1. The predicted molar refractivity (Wildman–Crippen MR) is 66.1 cm³/mol. The SMILES string of the molecule is CC=CC(=O)Nc1cc(Cl)ccc1OCC. The minimum absolute atomic E-state index is 0.203. The second-order valence-electron chi connectivity index (χ2n) is 3.06. The number of allylic oxidation sites excluding steroid dienone is 1. The molecule has 0 radical (unpaired) electrons. The fourth-order valence-corrected chi connectivity index (χ4v) is 1.38. The van der Waals surface area contributed by atoms with Gasteiger partial charge >= 0.3 is 0 Å².